The van der Waals surface area contributed by atoms with Gasteiger partial charge in [0, 0.05) is 20.1 Å². The highest BCUT2D eigenvalue weighted by Gasteiger charge is 2.33. The standard InChI is InChI=1S/C12H16N2O4S/c1-3-18-12(15)10-4-6-11(7-5-10)14-9-8-13(2)19(14,16)17/h4-7H,3,8-9H2,1-2H3. The third-order valence-electron chi connectivity index (χ3n) is 2.96. The van der Waals surface area contributed by atoms with Crippen molar-refractivity contribution in [3.8, 4) is 0 Å². The van der Waals surface area contributed by atoms with Gasteiger partial charge in [0.25, 0.3) is 0 Å². The van der Waals surface area contributed by atoms with Gasteiger partial charge in [0.2, 0.25) is 0 Å². The summed E-state index contributed by atoms with van der Waals surface area (Å²) in [4.78, 5) is 11.5. The third kappa shape index (κ3) is 2.57. The molecule has 0 unspecified atom stereocenters. The van der Waals surface area contributed by atoms with Crippen LogP contribution >= 0.6 is 0 Å². The smallest absolute Gasteiger partial charge is 0.338 e. The Bertz CT molecular complexity index is 568. The van der Waals surface area contributed by atoms with Gasteiger partial charge in [0.1, 0.15) is 0 Å². The molecule has 2 rings (SSSR count). The number of carbonyl (C=O) groups excluding carboxylic acids is 1. The van der Waals surface area contributed by atoms with Crippen LogP contribution in [0.15, 0.2) is 24.3 Å². The molecule has 6 nitrogen and oxygen atoms in total. The maximum absolute atomic E-state index is 12.0. The van der Waals surface area contributed by atoms with Gasteiger partial charge in [-0.15, -0.1) is 0 Å². The van der Waals surface area contributed by atoms with E-state index in [1.807, 2.05) is 0 Å². The fourth-order valence-electron chi connectivity index (χ4n) is 1.87. The van der Waals surface area contributed by atoms with Crippen LogP contribution in [0.3, 0.4) is 0 Å². The Morgan fingerprint density at radius 1 is 1.26 bits per heavy atom. The predicted molar refractivity (Wildman–Crippen MR) is 71.3 cm³/mol. The molecule has 0 saturated carbocycles. The van der Waals surface area contributed by atoms with E-state index in [4.69, 9.17) is 4.74 Å². The first-order valence-electron chi connectivity index (χ1n) is 5.98. The van der Waals surface area contributed by atoms with E-state index in [0.29, 0.717) is 30.9 Å². The molecule has 104 valence electrons. The van der Waals surface area contributed by atoms with Crippen molar-refractivity contribution in [3.63, 3.8) is 0 Å². The summed E-state index contributed by atoms with van der Waals surface area (Å²) in [6, 6.07) is 6.37. The van der Waals surface area contributed by atoms with Crippen LogP contribution in [-0.4, -0.2) is 45.4 Å². The molecule has 0 bridgehead atoms. The van der Waals surface area contributed by atoms with Gasteiger partial charge in [0.05, 0.1) is 17.9 Å². The largest absolute Gasteiger partial charge is 0.462 e. The number of hydrogen-bond donors (Lipinski definition) is 0. The van der Waals surface area contributed by atoms with Gasteiger partial charge in [-0.1, -0.05) is 0 Å². The molecule has 0 amide bonds. The van der Waals surface area contributed by atoms with E-state index in [1.54, 1.807) is 38.2 Å². The molecular weight excluding hydrogens is 268 g/mol. The topological polar surface area (TPSA) is 66.9 Å². The zero-order valence-corrected chi connectivity index (χ0v) is 11.7. The maximum atomic E-state index is 12.0. The van der Waals surface area contributed by atoms with E-state index in [-0.39, 0.29) is 0 Å². The lowest BCUT2D eigenvalue weighted by Gasteiger charge is -2.18. The zero-order chi connectivity index (χ0) is 14.0. The van der Waals surface area contributed by atoms with Gasteiger partial charge in [-0.25, -0.2) is 4.79 Å². The number of rotatable bonds is 3. The Kier molecular flexibility index (Phi) is 3.77. The Morgan fingerprint density at radius 2 is 1.89 bits per heavy atom. The van der Waals surface area contributed by atoms with Gasteiger partial charge in [0.15, 0.2) is 0 Å². The molecule has 0 N–H and O–H groups in total. The second-order valence-corrected chi connectivity index (χ2v) is 6.13. The monoisotopic (exact) mass is 284 g/mol. The summed E-state index contributed by atoms with van der Waals surface area (Å²) in [7, 11) is -1.87. The molecule has 19 heavy (non-hydrogen) atoms. The highest BCUT2D eigenvalue weighted by Crippen LogP contribution is 2.24. The van der Waals surface area contributed by atoms with E-state index in [0.717, 1.165) is 0 Å². The summed E-state index contributed by atoms with van der Waals surface area (Å²) in [5.41, 5.74) is 0.966. The fourth-order valence-corrected chi connectivity index (χ4v) is 3.22. The lowest BCUT2D eigenvalue weighted by molar-refractivity contribution is 0.0526. The highest BCUT2D eigenvalue weighted by atomic mass is 32.2. The average Bonchev–Trinajstić information content (AvgIpc) is 2.65. The molecule has 0 radical (unpaired) electrons. The van der Waals surface area contributed by atoms with Crippen LogP contribution in [0.4, 0.5) is 5.69 Å². The molecule has 1 saturated heterocycles. The minimum Gasteiger partial charge on any atom is -0.462 e. The van der Waals surface area contributed by atoms with Crippen molar-refractivity contribution in [2.24, 2.45) is 0 Å². The number of anilines is 1. The summed E-state index contributed by atoms with van der Waals surface area (Å²) in [6.45, 7) is 2.92. The first-order chi connectivity index (χ1) is 8.96. The van der Waals surface area contributed by atoms with E-state index in [1.165, 1.54) is 8.61 Å². The minimum absolute atomic E-state index is 0.311. The molecule has 1 aromatic rings. The molecule has 1 aliphatic heterocycles. The number of benzene rings is 1. The summed E-state index contributed by atoms with van der Waals surface area (Å²) in [6.07, 6.45) is 0. The van der Waals surface area contributed by atoms with Gasteiger partial charge in [-0.3, -0.25) is 4.31 Å². The molecule has 0 aromatic heterocycles. The van der Waals surface area contributed by atoms with Crippen LogP contribution in [0.5, 0.6) is 0 Å². The molecule has 1 aromatic carbocycles. The number of carbonyl (C=O) groups is 1. The van der Waals surface area contributed by atoms with E-state index in [9.17, 15) is 13.2 Å². The van der Waals surface area contributed by atoms with Gasteiger partial charge in [-0.05, 0) is 31.2 Å². The van der Waals surface area contributed by atoms with Gasteiger partial charge in [-0.2, -0.15) is 12.7 Å². The van der Waals surface area contributed by atoms with Gasteiger partial charge < -0.3 is 4.74 Å². The van der Waals surface area contributed by atoms with Crippen molar-refractivity contribution in [1.82, 2.24) is 4.31 Å². The molecule has 1 aliphatic rings. The number of hydrogen-bond acceptors (Lipinski definition) is 4. The Labute approximate surface area is 112 Å². The molecular formula is C12H16N2O4S. The van der Waals surface area contributed by atoms with E-state index in [2.05, 4.69) is 0 Å². The van der Waals surface area contributed by atoms with E-state index >= 15 is 0 Å². The van der Waals surface area contributed by atoms with Crippen LogP contribution in [0.25, 0.3) is 0 Å². The first kappa shape index (κ1) is 13.8. The molecule has 1 fully saturated rings. The normalized spacial score (nSPS) is 18.5. The molecule has 0 atom stereocenters. The van der Waals surface area contributed by atoms with Crippen molar-refractivity contribution >= 4 is 21.9 Å². The summed E-state index contributed by atoms with van der Waals surface area (Å²) >= 11 is 0. The minimum atomic E-state index is -3.41. The molecule has 7 heteroatoms. The summed E-state index contributed by atoms with van der Waals surface area (Å²) in [5.74, 6) is -0.407. The first-order valence-corrected chi connectivity index (χ1v) is 7.37. The fraction of sp³-hybridized carbons (Fsp3) is 0.417. The second kappa shape index (κ2) is 5.18. The molecule has 0 spiro atoms. The van der Waals surface area contributed by atoms with Crippen LogP contribution in [0.2, 0.25) is 0 Å². The van der Waals surface area contributed by atoms with Gasteiger partial charge >= 0.3 is 16.2 Å². The quantitative estimate of drug-likeness (QED) is 0.772. The summed E-state index contributed by atoms with van der Waals surface area (Å²) < 4.78 is 31.4. The second-order valence-electron chi connectivity index (χ2n) is 4.17. The number of likely N-dealkylation sites (N-methyl/N-ethyl adjacent to an activating group) is 1. The average molecular weight is 284 g/mol. The summed E-state index contributed by atoms with van der Waals surface area (Å²) in [5, 5.41) is 0. The van der Waals surface area contributed by atoms with Crippen molar-refractivity contribution in [1.29, 1.82) is 0 Å². The van der Waals surface area contributed by atoms with Crippen LogP contribution in [0.1, 0.15) is 17.3 Å². The Hall–Kier alpha value is -1.60. The molecule has 0 aliphatic carbocycles. The maximum Gasteiger partial charge on any atom is 0.338 e. The van der Waals surface area contributed by atoms with Crippen molar-refractivity contribution in [2.75, 3.05) is 31.0 Å². The third-order valence-corrected chi connectivity index (χ3v) is 4.88. The zero-order valence-electron chi connectivity index (χ0n) is 10.9. The Balaban J connectivity index is 2.22. The lowest BCUT2D eigenvalue weighted by Crippen LogP contribution is -2.30. The molecule has 1 heterocycles. The van der Waals surface area contributed by atoms with Crippen molar-refractivity contribution < 1.29 is 17.9 Å². The SMILES string of the molecule is CCOC(=O)c1ccc(N2CCN(C)S2(=O)=O)cc1. The number of esters is 1. The Morgan fingerprint density at radius 3 is 2.37 bits per heavy atom. The van der Waals surface area contributed by atoms with Crippen molar-refractivity contribution in [2.45, 2.75) is 6.92 Å². The van der Waals surface area contributed by atoms with E-state index < -0.39 is 16.2 Å². The van der Waals surface area contributed by atoms with Crippen LogP contribution < -0.4 is 4.31 Å². The number of nitrogens with zero attached hydrogens (tertiary/aromatic N) is 2. The van der Waals surface area contributed by atoms with Crippen LogP contribution in [-0.2, 0) is 14.9 Å². The lowest BCUT2D eigenvalue weighted by atomic mass is 10.2. The van der Waals surface area contributed by atoms with Crippen molar-refractivity contribution in [3.05, 3.63) is 29.8 Å². The predicted octanol–water partition coefficient (Wildman–Crippen LogP) is 0.860. The highest BCUT2D eigenvalue weighted by molar-refractivity contribution is 7.90. The van der Waals surface area contributed by atoms with Crippen LogP contribution in [0, 0.1) is 0 Å². The number of ether oxygens (including phenoxy) is 1.